The van der Waals surface area contributed by atoms with Gasteiger partial charge in [0, 0.05) is 29.8 Å². The fourth-order valence-electron chi connectivity index (χ4n) is 4.26. The number of halogens is 1. The standard InChI is InChI=1S/C24H31ClN2O2/c1-26-16-20-15-17(3-2-14-28)4-13-23(20)18-7-11-22(12-8-18)27-24(29)19-5-9-21(25)10-6-19/h4-6,9-10,13,15,18,22,26,28H,2-3,7-8,11-12,14,16H2,1H3,(H,27,29). The Kier molecular flexibility index (Phi) is 8.10. The van der Waals surface area contributed by atoms with Crippen molar-refractivity contribution in [2.45, 2.75) is 57.0 Å². The first-order valence-corrected chi connectivity index (χ1v) is 10.9. The third-order valence-electron chi connectivity index (χ3n) is 5.81. The molecule has 0 unspecified atom stereocenters. The highest BCUT2D eigenvalue weighted by atomic mass is 35.5. The number of carbonyl (C=O) groups is 1. The molecule has 0 heterocycles. The second-order valence-corrected chi connectivity index (χ2v) is 8.36. The predicted molar refractivity (Wildman–Crippen MR) is 119 cm³/mol. The smallest absolute Gasteiger partial charge is 0.251 e. The Morgan fingerprint density at radius 2 is 1.83 bits per heavy atom. The zero-order valence-electron chi connectivity index (χ0n) is 17.1. The molecule has 3 N–H and O–H groups in total. The molecule has 0 aromatic heterocycles. The quantitative estimate of drug-likeness (QED) is 0.598. The number of nitrogens with one attached hydrogen (secondary N) is 2. The zero-order valence-corrected chi connectivity index (χ0v) is 17.8. The molecule has 1 saturated carbocycles. The fourth-order valence-corrected chi connectivity index (χ4v) is 4.38. The zero-order chi connectivity index (χ0) is 20.6. The molecular formula is C24H31ClN2O2. The van der Waals surface area contributed by atoms with E-state index in [-0.39, 0.29) is 18.6 Å². The lowest BCUT2D eigenvalue weighted by Crippen LogP contribution is -2.37. The van der Waals surface area contributed by atoms with Gasteiger partial charge in [-0.25, -0.2) is 0 Å². The van der Waals surface area contributed by atoms with Gasteiger partial charge in [-0.1, -0.05) is 29.8 Å². The van der Waals surface area contributed by atoms with Crippen molar-refractivity contribution in [2.75, 3.05) is 13.7 Å². The van der Waals surface area contributed by atoms with E-state index in [9.17, 15) is 4.79 Å². The molecule has 0 saturated heterocycles. The molecule has 5 heteroatoms. The highest BCUT2D eigenvalue weighted by Crippen LogP contribution is 2.35. The molecular weight excluding hydrogens is 384 g/mol. The first-order valence-electron chi connectivity index (χ1n) is 10.5. The van der Waals surface area contributed by atoms with Crippen LogP contribution in [0.3, 0.4) is 0 Å². The lowest BCUT2D eigenvalue weighted by atomic mass is 9.79. The molecule has 4 nitrogen and oxygen atoms in total. The van der Waals surface area contributed by atoms with E-state index < -0.39 is 0 Å². The van der Waals surface area contributed by atoms with E-state index in [2.05, 4.69) is 28.8 Å². The number of benzene rings is 2. The number of amides is 1. The summed E-state index contributed by atoms with van der Waals surface area (Å²) < 4.78 is 0. The lowest BCUT2D eigenvalue weighted by Gasteiger charge is -2.31. The third kappa shape index (κ3) is 6.05. The Hall–Kier alpha value is -1.88. The summed E-state index contributed by atoms with van der Waals surface area (Å²) in [6.45, 7) is 1.09. The number of aliphatic hydroxyl groups is 1. The van der Waals surface area contributed by atoms with Crippen molar-refractivity contribution in [1.29, 1.82) is 0 Å². The Labute approximate surface area is 178 Å². The van der Waals surface area contributed by atoms with Gasteiger partial charge in [0.25, 0.3) is 5.91 Å². The highest BCUT2D eigenvalue weighted by Gasteiger charge is 2.25. The number of aryl methyl sites for hydroxylation is 1. The average Bonchev–Trinajstić information content (AvgIpc) is 2.74. The largest absolute Gasteiger partial charge is 0.396 e. The summed E-state index contributed by atoms with van der Waals surface area (Å²) >= 11 is 5.91. The van der Waals surface area contributed by atoms with Gasteiger partial charge in [-0.3, -0.25) is 4.79 Å². The van der Waals surface area contributed by atoms with E-state index in [0.717, 1.165) is 45.1 Å². The van der Waals surface area contributed by atoms with Gasteiger partial charge in [-0.15, -0.1) is 0 Å². The summed E-state index contributed by atoms with van der Waals surface area (Å²) in [4.78, 5) is 12.5. The number of rotatable bonds is 8. The molecule has 1 aliphatic rings. The van der Waals surface area contributed by atoms with Gasteiger partial charge in [0.1, 0.15) is 0 Å². The molecule has 0 aliphatic heterocycles. The van der Waals surface area contributed by atoms with Gasteiger partial charge < -0.3 is 15.7 Å². The van der Waals surface area contributed by atoms with E-state index in [1.165, 1.54) is 16.7 Å². The van der Waals surface area contributed by atoms with E-state index in [1.807, 2.05) is 7.05 Å². The molecule has 29 heavy (non-hydrogen) atoms. The van der Waals surface area contributed by atoms with E-state index in [0.29, 0.717) is 16.5 Å². The molecule has 1 aliphatic carbocycles. The van der Waals surface area contributed by atoms with Crippen LogP contribution in [0.2, 0.25) is 5.02 Å². The minimum absolute atomic E-state index is 0.0192. The topological polar surface area (TPSA) is 61.4 Å². The van der Waals surface area contributed by atoms with Crippen molar-refractivity contribution >= 4 is 17.5 Å². The van der Waals surface area contributed by atoms with Crippen LogP contribution in [0.15, 0.2) is 42.5 Å². The van der Waals surface area contributed by atoms with Gasteiger partial charge in [-0.05, 0) is 92.4 Å². The highest BCUT2D eigenvalue weighted by molar-refractivity contribution is 6.30. The van der Waals surface area contributed by atoms with Crippen LogP contribution in [0.4, 0.5) is 0 Å². The Morgan fingerprint density at radius 1 is 1.10 bits per heavy atom. The van der Waals surface area contributed by atoms with Gasteiger partial charge >= 0.3 is 0 Å². The maximum absolute atomic E-state index is 12.5. The molecule has 0 spiro atoms. The van der Waals surface area contributed by atoms with Crippen molar-refractivity contribution < 1.29 is 9.90 Å². The first-order chi connectivity index (χ1) is 14.1. The van der Waals surface area contributed by atoms with Gasteiger partial charge in [0.15, 0.2) is 0 Å². The summed E-state index contributed by atoms with van der Waals surface area (Å²) in [5.74, 6) is 0.517. The molecule has 2 aromatic carbocycles. The Balaban J connectivity index is 1.59. The lowest BCUT2D eigenvalue weighted by molar-refractivity contribution is 0.0925. The normalized spacial score (nSPS) is 19.1. The second-order valence-electron chi connectivity index (χ2n) is 7.92. The third-order valence-corrected chi connectivity index (χ3v) is 6.06. The van der Waals surface area contributed by atoms with Gasteiger partial charge in [0.05, 0.1) is 0 Å². The monoisotopic (exact) mass is 414 g/mol. The van der Waals surface area contributed by atoms with Crippen LogP contribution in [0.5, 0.6) is 0 Å². The summed E-state index contributed by atoms with van der Waals surface area (Å²) in [5, 5.41) is 16.2. The van der Waals surface area contributed by atoms with Crippen LogP contribution in [0.25, 0.3) is 0 Å². The Bertz CT molecular complexity index is 799. The molecule has 3 rings (SSSR count). The summed E-state index contributed by atoms with van der Waals surface area (Å²) in [6, 6.07) is 14.0. The molecule has 156 valence electrons. The molecule has 1 fully saturated rings. The molecule has 0 radical (unpaired) electrons. The van der Waals surface area contributed by atoms with Crippen molar-refractivity contribution in [2.24, 2.45) is 0 Å². The van der Waals surface area contributed by atoms with Crippen LogP contribution in [0.1, 0.15) is 65.1 Å². The fraction of sp³-hybridized carbons (Fsp3) is 0.458. The molecule has 2 aromatic rings. The van der Waals surface area contributed by atoms with Crippen molar-refractivity contribution in [3.05, 3.63) is 69.7 Å². The molecule has 0 atom stereocenters. The summed E-state index contributed by atoms with van der Waals surface area (Å²) in [7, 11) is 1.98. The number of hydrogen-bond donors (Lipinski definition) is 3. The van der Waals surface area contributed by atoms with Crippen LogP contribution in [-0.4, -0.2) is 30.7 Å². The maximum Gasteiger partial charge on any atom is 0.251 e. The first kappa shape index (κ1) is 21.8. The van der Waals surface area contributed by atoms with Crippen LogP contribution in [-0.2, 0) is 13.0 Å². The van der Waals surface area contributed by atoms with E-state index in [4.69, 9.17) is 16.7 Å². The molecule has 1 amide bonds. The number of aliphatic hydroxyl groups excluding tert-OH is 1. The van der Waals surface area contributed by atoms with Crippen molar-refractivity contribution in [1.82, 2.24) is 10.6 Å². The van der Waals surface area contributed by atoms with Crippen molar-refractivity contribution in [3.63, 3.8) is 0 Å². The summed E-state index contributed by atoms with van der Waals surface area (Å²) in [6.07, 6.45) is 5.87. The minimum atomic E-state index is -0.0192. The Morgan fingerprint density at radius 3 is 2.48 bits per heavy atom. The minimum Gasteiger partial charge on any atom is -0.396 e. The number of carbonyl (C=O) groups excluding carboxylic acids is 1. The van der Waals surface area contributed by atoms with Gasteiger partial charge in [0.2, 0.25) is 0 Å². The van der Waals surface area contributed by atoms with E-state index >= 15 is 0 Å². The SMILES string of the molecule is CNCc1cc(CCCO)ccc1C1CCC(NC(=O)c2ccc(Cl)cc2)CC1. The van der Waals surface area contributed by atoms with Gasteiger partial charge in [-0.2, -0.15) is 0 Å². The predicted octanol–water partition coefficient (Wildman–Crippen LogP) is 4.44. The number of hydrogen-bond acceptors (Lipinski definition) is 3. The second kappa shape index (κ2) is 10.8. The van der Waals surface area contributed by atoms with Crippen LogP contribution < -0.4 is 10.6 Å². The van der Waals surface area contributed by atoms with Crippen LogP contribution >= 0.6 is 11.6 Å². The van der Waals surface area contributed by atoms with Crippen molar-refractivity contribution in [3.8, 4) is 0 Å². The average molecular weight is 415 g/mol. The maximum atomic E-state index is 12.5. The van der Waals surface area contributed by atoms with E-state index in [1.54, 1.807) is 24.3 Å². The summed E-state index contributed by atoms with van der Waals surface area (Å²) in [5.41, 5.74) is 4.73. The molecule has 0 bridgehead atoms. The van der Waals surface area contributed by atoms with Crippen LogP contribution in [0, 0.1) is 0 Å².